The first-order valence-corrected chi connectivity index (χ1v) is 8.66. The van der Waals surface area contributed by atoms with Crippen molar-refractivity contribution in [2.45, 2.75) is 20.0 Å². The number of aromatic nitrogens is 1. The Balaban J connectivity index is 1.92. The summed E-state index contributed by atoms with van der Waals surface area (Å²) in [6, 6.07) is 13.9. The highest BCUT2D eigenvalue weighted by Gasteiger charge is 2.25. The number of para-hydroxylation sites is 1. The largest absolute Gasteiger partial charge is 0.621 e. The Kier molecular flexibility index (Phi) is 4.35. The molecular weight excluding hydrogens is 344 g/mol. The van der Waals surface area contributed by atoms with Crippen molar-refractivity contribution in [3.05, 3.63) is 71.7 Å². The number of nitrogens with one attached hydrogen (secondary N) is 1. The van der Waals surface area contributed by atoms with Crippen LogP contribution >= 0.6 is 0 Å². The minimum absolute atomic E-state index is 0.0556. The number of amides is 1. The first-order chi connectivity index (χ1) is 13.1. The Bertz CT molecular complexity index is 1120. The van der Waals surface area contributed by atoms with Gasteiger partial charge in [-0.2, -0.15) is 0 Å². The van der Waals surface area contributed by atoms with E-state index >= 15 is 0 Å². The van der Waals surface area contributed by atoms with E-state index in [9.17, 15) is 10.0 Å². The molecule has 0 aliphatic heterocycles. The minimum atomic E-state index is -0.604. The normalized spacial score (nSPS) is 12.6. The van der Waals surface area contributed by atoms with E-state index in [1.807, 2.05) is 38.1 Å². The van der Waals surface area contributed by atoms with Gasteiger partial charge in [0.05, 0.1) is 17.9 Å². The first kappa shape index (κ1) is 17.2. The molecule has 27 heavy (non-hydrogen) atoms. The third-order valence-electron chi connectivity index (χ3n) is 4.23. The monoisotopic (exact) mass is 362 g/mol. The van der Waals surface area contributed by atoms with Crippen molar-refractivity contribution in [3.8, 4) is 5.75 Å². The number of carbonyl (C=O) groups excluding carboxylic acids is 1. The third kappa shape index (κ3) is 3.05. The van der Waals surface area contributed by atoms with Crippen LogP contribution in [0.15, 0.2) is 65.3 Å². The summed E-state index contributed by atoms with van der Waals surface area (Å²) >= 11 is 0. The lowest BCUT2D eigenvalue weighted by Crippen LogP contribution is -3.05. The van der Waals surface area contributed by atoms with Gasteiger partial charge in [-0.15, -0.1) is 0 Å². The van der Waals surface area contributed by atoms with Crippen LogP contribution in [0.2, 0.25) is 0 Å². The van der Waals surface area contributed by atoms with Crippen molar-refractivity contribution in [2.75, 3.05) is 0 Å². The van der Waals surface area contributed by atoms with Crippen molar-refractivity contribution in [1.29, 1.82) is 0 Å². The van der Waals surface area contributed by atoms with Crippen LogP contribution in [0.5, 0.6) is 5.75 Å². The average molecular weight is 362 g/mol. The molecule has 0 fully saturated rings. The number of hydrogen-bond acceptors (Lipinski definition) is 5. The van der Waals surface area contributed by atoms with Gasteiger partial charge in [0.15, 0.2) is 17.0 Å². The predicted octanol–water partition coefficient (Wildman–Crippen LogP) is 3.62. The maximum Gasteiger partial charge on any atom is 0.350 e. The number of hydroxylamine groups is 1. The van der Waals surface area contributed by atoms with E-state index < -0.39 is 11.0 Å². The Morgan fingerprint density at radius 2 is 1.96 bits per heavy atom. The van der Waals surface area contributed by atoms with Crippen molar-refractivity contribution in [3.63, 3.8) is 0 Å². The molecule has 4 aromatic rings. The summed E-state index contributed by atoms with van der Waals surface area (Å²) in [4.78, 5) is 16.9. The van der Waals surface area contributed by atoms with Gasteiger partial charge >= 0.3 is 5.91 Å². The van der Waals surface area contributed by atoms with Gasteiger partial charge in [0, 0.05) is 23.0 Å². The fourth-order valence-corrected chi connectivity index (χ4v) is 3.09. The fourth-order valence-electron chi connectivity index (χ4n) is 3.09. The summed E-state index contributed by atoms with van der Waals surface area (Å²) in [5, 5.41) is 13.4. The van der Waals surface area contributed by atoms with Gasteiger partial charge in [-0.05, 0) is 38.1 Å². The van der Waals surface area contributed by atoms with Crippen LogP contribution in [-0.4, -0.2) is 17.0 Å². The van der Waals surface area contributed by atoms with Crippen molar-refractivity contribution < 1.29 is 19.0 Å². The van der Waals surface area contributed by atoms with E-state index in [0.29, 0.717) is 27.9 Å². The smallest absolute Gasteiger partial charge is 0.350 e. The van der Waals surface area contributed by atoms with Crippen LogP contribution in [0.4, 0.5) is 5.69 Å². The second kappa shape index (κ2) is 6.83. The molecule has 0 saturated heterocycles. The summed E-state index contributed by atoms with van der Waals surface area (Å²) in [7, 11) is 0. The molecule has 0 radical (unpaired) electrons. The summed E-state index contributed by atoms with van der Waals surface area (Å²) in [6.07, 6.45) is 2.89. The third-order valence-corrected chi connectivity index (χ3v) is 4.23. The van der Waals surface area contributed by atoms with Gasteiger partial charge in [0.1, 0.15) is 5.58 Å². The molecule has 1 unspecified atom stereocenters. The van der Waals surface area contributed by atoms with Gasteiger partial charge in [-0.1, -0.05) is 18.2 Å². The molecule has 0 bridgehead atoms. The molecular formula is C21H18N2O4. The summed E-state index contributed by atoms with van der Waals surface area (Å²) in [6.45, 7) is 3.83. The molecule has 1 amide bonds. The number of benzene rings is 2. The highest BCUT2D eigenvalue weighted by molar-refractivity contribution is 6.16. The quantitative estimate of drug-likeness (QED) is 0.561. The molecule has 6 heteroatoms. The number of ether oxygens (including phenoxy) is 1. The van der Waals surface area contributed by atoms with E-state index in [4.69, 9.17) is 9.15 Å². The number of quaternary nitrogens is 1. The first-order valence-electron chi connectivity index (χ1n) is 8.66. The van der Waals surface area contributed by atoms with Gasteiger partial charge in [-0.3, -0.25) is 10.0 Å². The SMILES string of the molecule is CC(C)Oc1ccc(C(=O)[NH+]([O-])c2cccnc2)c2c1oc1ccccc12. The maximum atomic E-state index is 13.0. The number of carbonyl (C=O) groups is 1. The molecule has 6 nitrogen and oxygen atoms in total. The maximum absolute atomic E-state index is 13.0. The van der Waals surface area contributed by atoms with Crippen LogP contribution in [0, 0.1) is 5.21 Å². The lowest BCUT2D eigenvalue weighted by Gasteiger charge is -2.19. The minimum Gasteiger partial charge on any atom is -0.621 e. The number of furan rings is 1. The van der Waals surface area contributed by atoms with Crippen LogP contribution in [-0.2, 0) is 0 Å². The standard InChI is InChI=1S/C21H18N2O4/c1-13(2)26-18-10-9-16(21(24)23(25)14-6-5-11-22-12-14)19-15-7-3-4-8-17(15)27-20(18)19/h3-13,23H,1-2H3. The number of nitrogens with zero attached hydrogens (tertiary/aromatic N) is 1. The van der Waals surface area contributed by atoms with Crippen LogP contribution < -0.4 is 9.80 Å². The summed E-state index contributed by atoms with van der Waals surface area (Å²) in [5.41, 5.74) is 1.65. The zero-order valence-corrected chi connectivity index (χ0v) is 14.9. The van der Waals surface area contributed by atoms with E-state index in [0.717, 1.165) is 5.39 Å². The second-order valence-electron chi connectivity index (χ2n) is 6.48. The van der Waals surface area contributed by atoms with Gasteiger partial charge in [0.2, 0.25) is 0 Å². The summed E-state index contributed by atoms with van der Waals surface area (Å²) < 4.78 is 11.8. The molecule has 1 N–H and O–H groups in total. The Morgan fingerprint density at radius 3 is 2.70 bits per heavy atom. The second-order valence-corrected chi connectivity index (χ2v) is 6.48. The molecule has 2 aromatic carbocycles. The number of pyridine rings is 1. The van der Waals surface area contributed by atoms with Crippen molar-refractivity contribution in [2.24, 2.45) is 0 Å². The molecule has 136 valence electrons. The molecule has 1 atom stereocenters. The van der Waals surface area contributed by atoms with E-state index in [-0.39, 0.29) is 11.8 Å². The Hall–Kier alpha value is -3.22. The molecule has 2 heterocycles. The molecule has 4 rings (SSSR count). The van der Waals surface area contributed by atoms with Crippen LogP contribution in [0.25, 0.3) is 21.9 Å². The Labute approximate surface area is 155 Å². The average Bonchev–Trinajstić information content (AvgIpc) is 3.08. The lowest BCUT2D eigenvalue weighted by molar-refractivity contribution is -0.679. The van der Waals surface area contributed by atoms with E-state index in [1.54, 1.807) is 30.5 Å². The molecule has 0 saturated carbocycles. The number of hydrogen-bond donors (Lipinski definition) is 1. The zero-order chi connectivity index (χ0) is 19.0. The van der Waals surface area contributed by atoms with Gasteiger partial charge in [0.25, 0.3) is 0 Å². The molecule has 0 aliphatic carbocycles. The van der Waals surface area contributed by atoms with Gasteiger partial charge < -0.3 is 14.4 Å². The molecule has 0 spiro atoms. The highest BCUT2D eigenvalue weighted by atomic mass is 16.5. The topological polar surface area (TPSA) is 79.8 Å². The predicted molar refractivity (Wildman–Crippen MR) is 102 cm³/mol. The van der Waals surface area contributed by atoms with E-state index in [1.165, 1.54) is 6.20 Å². The van der Waals surface area contributed by atoms with Crippen LogP contribution in [0.3, 0.4) is 0 Å². The van der Waals surface area contributed by atoms with Gasteiger partial charge in [-0.25, -0.2) is 4.79 Å². The van der Waals surface area contributed by atoms with Crippen molar-refractivity contribution >= 4 is 33.5 Å². The zero-order valence-electron chi connectivity index (χ0n) is 14.9. The Morgan fingerprint density at radius 1 is 1.15 bits per heavy atom. The number of fused-ring (bicyclic) bond motifs is 3. The summed E-state index contributed by atoms with van der Waals surface area (Å²) in [5.74, 6) is -0.0581. The molecule has 2 aromatic heterocycles. The highest BCUT2D eigenvalue weighted by Crippen LogP contribution is 2.37. The fraction of sp³-hybridized carbons (Fsp3) is 0.143. The molecule has 0 aliphatic rings. The van der Waals surface area contributed by atoms with E-state index in [2.05, 4.69) is 4.98 Å². The van der Waals surface area contributed by atoms with Crippen molar-refractivity contribution in [1.82, 2.24) is 4.98 Å². The lowest BCUT2D eigenvalue weighted by atomic mass is 10.0. The number of rotatable bonds is 4. The van der Waals surface area contributed by atoms with Crippen LogP contribution in [0.1, 0.15) is 24.2 Å².